The van der Waals surface area contributed by atoms with Crippen LogP contribution in [0.2, 0.25) is 0 Å². The van der Waals surface area contributed by atoms with Crippen molar-refractivity contribution in [2.45, 2.75) is 6.92 Å². The Hall–Kier alpha value is -1.45. The van der Waals surface area contributed by atoms with Crippen LogP contribution in [0.4, 0.5) is 8.78 Å². The maximum Gasteiger partial charge on any atom is 0.259 e. The van der Waals surface area contributed by atoms with Crippen LogP contribution in [0.3, 0.4) is 0 Å². The zero-order valence-electron chi connectivity index (χ0n) is 8.27. The standard InChI is InChI=1S/C10H11F2NO/c1-6-4-5-7(11)8(9(6)12)10(14)13(2)3/h4-5H,1-3H3. The number of benzene rings is 1. The van der Waals surface area contributed by atoms with Crippen molar-refractivity contribution >= 4 is 5.91 Å². The van der Waals surface area contributed by atoms with Crippen molar-refractivity contribution < 1.29 is 13.6 Å². The molecule has 0 aliphatic carbocycles. The van der Waals surface area contributed by atoms with E-state index in [4.69, 9.17) is 0 Å². The number of amides is 1. The lowest BCUT2D eigenvalue weighted by Crippen LogP contribution is -2.24. The summed E-state index contributed by atoms with van der Waals surface area (Å²) in [5.41, 5.74) is -0.230. The van der Waals surface area contributed by atoms with Gasteiger partial charge in [0.2, 0.25) is 0 Å². The average molecular weight is 199 g/mol. The van der Waals surface area contributed by atoms with E-state index >= 15 is 0 Å². The van der Waals surface area contributed by atoms with E-state index in [0.29, 0.717) is 0 Å². The second-order valence-corrected chi connectivity index (χ2v) is 3.25. The van der Waals surface area contributed by atoms with Crippen LogP contribution in [-0.2, 0) is 0 Å². The average Bonchev–Trinajstić information content (AvgIpc) is 2.12. The lowest BCUT2D eigenvalue weighted by molar-refractivity contribution is 0.0818. The van der Waals surface area contributed by atoms with Gasteiger partial charge in [0.25, 0.3) is 5.91 Å². The molecule has 14 heavy (non-hydrogen) atoms. The van der Waals surface area contributed by atoms with Crippen molar-refractivity contribution in [1.29, 1.82) is 0 Å². The Morgan fingerprint density at radius 1 is 1.29 bits per heavy atom. The molecule has 0 saturated heterocycles. The van der Waals surface area contributed by atoms with Gasteiger partial charge in [0.1, 0.15) is 17.2 Å². The summed E-state index contributed by atoms with van der Waals surface area (Å²) in [5, 5.41) is 0. The first-order chi connectivity index (χ1) is 6.45. The summed E-state index contributed by atoms with van der Waals surface area (Å²) in [6.07, 6.45) is 0. The van der Waals surface area contributed by atoms with Gasteiger partial charge in [-0.2, -0.15) is 0 Å². The second kappa shape index (κ2) is 3.74. The van der Waals surface area contributed by atoms with Crippen LogP contribution in [0.15, 0.2) is 12.1 Å². The van der Waals surface area contributed by atoms with Crippen LogP contribution in [-0.4, -0.2) is 24.9 Å². The minimum absolute atomic E-state index is 0.261. The number of nitrogens with zero attached hydrogens (tertiary/aromatic N) is 1. The molecular weight excluding hydrogens is 188 g/mol. The molecule has 0 saturated carbocycles. The summed E-state index contributed by atoms with van der Waals surface area (Å²) in [5.74, 6) is -2.28. The van der Waals surface area contributed by atoms with Crippen molar-refractivity contribution in [3.8, 4) is 0 Å². The zero-order chi connectivity index (χ0) is 10.9. The lowest BCUT2D eigenvalue weighted by Gasteiger charge is -2.12. The monoisotopic (exact) mass is 199 g/mol. The third kappa shape index (κ3) is 1.73. The summed E-state index contributed by atoms with van der Waals surface area (Å²) >= 11 is 0. The van der Waals surface area contributed by atoms with Gasteiger partial charge in [-0.3, -0.25) is 4.79 Å². The van der Waals surface area contributed by atoms with Crippen LogP contribution < -0.4 is 0 Å². The van der Waals surface area contributed by atoms with E-state index in [-0.39, 0.29) is 5.56 Å². The summed E-state index contributed by atoms with van der Waals surface area (Å²) in [6.45, 7) is 1.49. The van der Waals surface area contributed by atoms with Crippen molar-refractivity contribution in [2.75, 3.05) is 14.1 Å². The van der Waals surface area contributed by atoms with Crippen LogP contribution in [0.5, 0.6) is 0 Å². The number of aryl methyl sites for hydroxylation is 1. The Bertz CT molecular complexity index is 375. The normalized spacial score (nSPS) is 10.1. The van der Waals surface area contributed by atoms with Crippen LogP contribution in [0.25, 0.3) is 0 Å². The lowest BCUT2D eigenvalue weighted by atomic mass is 10.1. The van der Waals surface area contributed by atoms with Gasteiger partial charge in [-0.1, -0.05) is 6.07 Å². The maximum atomic E-state index is 13.4. The summed E-state index contributed by atoms with van der Waals surface area (Å²) in [4.78, 5) is 12.5. The van der Waals surface area contributed by atoms with Gasteiger partial charge in [-0.05, 0) is 18.6 Å². The van der Waals surface area contributed by atoms with Gasteiger partial charge in [0, 0.05) is 14.1 Å². The molecular formula is C10H11F2NO. The van der Waals surface area contributed by atoms with Crippen LogP contribution >= 0.6 is 0 Å². The molecule has 76 valence electrons. The van der Waals surface area contributed by atoms with E-state index in [2.05, 4.69) is 0 Å². The van der Waals surface area contributed by atoms with Crippen LogP contribution in [0, 0.1) is 18.6 Å². The van der Waals surface area contributed by atoms with Gasteiger partial charge in [-0.25, -0.2) is 8.78 Å². The molecule has 0 aliphatic heterocycles. The molecule has 0 N–H and O–H groups in total. The fraction of sp³-hybridized carbons (Fsp3) is 0.300. The summed E-state index contributed by atoms with van der Waals surface area (Å²) in [7, 11) is 2.90. The first kappa shape index (κ1) is 10.6. The fourth-order valence-corrected chi connectivity index (χ4v) is 1.08. The van der Waals surface area contributed by atoms with Gasteiger partial charge < -0.3 is 4.90 Å². The molecule has 1 aromatic rings. The molecule has 0 fully saturated rings. The largest absolute Gasteiger partial charge is 0.345 e. The second-order valence-electron chi connectivity index (χ2n) is 3.25. The van der Waals surface area contributed by atoms with E-state index in [0.717, 1.165) is 11.0 Å². The van der Waals surface area contributed by atoms with Crippen molar-refractivity contribution in [3.63, 3.8) is 0 Å². The highest BCUT2D eigenvalue weighted by Crippen LogP contribution is 2.17. The molecule has 0 heterocycles. The number of hydrogen-bond donors (Lipinski definition) is 0. The van der Waals surface area contributed by atoms with E-state index < -0.39 is 23.1 Å². The predicted molar refractivity (Wildman–Crippen MR) is 49.1 cm³/mol. The van der Waals surface area contributed by atoms with E-state index in [9.17, 15) is 13.6 Å². The van der Waals surface area contributed by atoms with E-state index in [1.54, 1.807) is 0 Å². The number of hydrogen-bond acceptors (Lipinski definition) is 1. The van der Waals surface area contributed by atoms with Gasteiger partial charge in [0.15, 0.2) is 0 Å². The number of halogens is 2. The zero-order valence-corrected chi connectivity index (χ0v) is 8.27. The molecule has 1 aromatic carbocycles. The van der Waals surface area contributed by atoms with E-state index in [1.807, 2.05) is 0 Å². The highest BCUT2D eigenvalue weighted by atomic mass is 19.1. The van der Waals surface area contributed by atoms with Gasteiger partial charge >= 0.3 is 0 Å². The molecule has 0 atom stereocenters. The highest BCUT2D eigenvalue weighted by molar-refractivity contribution is 5.94. The quantitative estimate of drug-likeness (QED) is 0.677. The molecule has 0 spiro atoms. The maximum absolute atomic E-state index is 13.4. The first-order valence-corrected chi connectivity index (χ1v) is 4.11. The Balaban J connectivity index is 3.33. The molecule has 0 unspecified atom stereocenters. The fourth-order valence-electron chi connectivity index (χ4n) is 1.08. The van der Waals surface area contributed by atoms with Crippen molar-refractivity contribution in [1.82, 2.24) is 4.90 Å². The smallest absolute Gasteiger partial charge is 0.259 e. The molecule has 4 heteroatoms. The number of carbonyl (C=O) groups is 1. The minimum Gasteiger partial charge on any atom is -0.345 e. The third-order valence-corrected chi connectivity index (χ3v) is 1.90. The van der Waals surface area contributed by atoms with Gasteiger partial charge in [-0.15, -0.1) is 0 Å². The third-order valence-electron chi connectivity index (χ3n) is 1.90. The Morgan fingerprint density at radius 2 is 1.86 bits per heavy atom. The Morgan fingerprint density at radius 3 is 2.36 bits per heavy atom. The number of rotatable bonds is 1. The summed E-state index contributed by atoms with van der Waals surface area (Å²) < 4.78 is 26.5. The van der Waals surface area contributed by atoms with Crippen molar-refractivity contribution in [3.05, 3.63) is 34.9 Å². The molecule has 2 nitrogen and oxygen atoms in total. The minimum atomic E-state index is -0.827. The molecule has 1 amide bonds. The highest BCUT2D eigenvalue weighted by Gasteiger charge is 2.20. The molecule has 0 aliphatic rings. The Labute approximate surface area is 81.1 Å². The molecule has 0 bridgehead atoms. The van der Waals surface area contributed by atoms with E-state index in [1.165, 1.54) is 27.1 Å². The predicted octanol–water partition coefficient (Wildman–Crippen LogP) is 1.98. The first-order valence-electron chi connectivity index (χ1n) is 4.11. The molecule has 1 rings (SSSR count). The molecule has 0 aromatic heterocycles. The van der Waals surface area contributed by atoms with Gasteiger partial charge in [0.05, 0.1) is 0 Å². The molecule has 0 radical (unpaired) electrons. The Kier molecular flexibility index (Phi) is 2.84. The number of carbonyl (C=O) groups excluding carboxylic acids is 1. The van der Waals surface area contributed by atoms with Crippen molar-refractivity contribution in [2.24, 2.45) is 0 Å². The summed E-state index contributed by atoms with van der Waals surface area (Å²) in [6, 6.07) is 2.40. The topological polar surface area (TPSA) is 20.3 Å². The van der Waals surface area contributed by atoms with Crippen LogP contribution in [0.1, 0.15) is 15.9 Å². The SMILES string of the molecule is Cc1ccc(F)c(C(=O)N(C)C)c1F.